The number of hydrogen-bond acceptors (Lipinski definition) is 3. The van der Waals surface area contributed by atoms with Gasteiger partial charge in [-0.1, -0.05) is 11.8 Å². The molecule has 2 saturated carbocycles. The molecule has 2 fully saturated rings. The van der Waals surface area contributed by atoms with Crippen molar-refractivity contribution in [1.29, 1.82) is 0 Å². The van der Waals surface area contributed by atoms with Crippen molar-refractivity contribution >= 4 is 0 Å². The zero-order valence-electron chi connectivity index (χ0n) is 12.6. The van der Waals surface area contributed by atoms with Gasteiger partial charge in [-0.2, -0.15) is 0 Å². The maximum absolute atomic E-state index is 5.86. The van der Waals surface area contributed by atoms with E-state index in [1.54, 1.807) is 0 Å². The normalized spacial score (nSPS) is 17.4. The molecule has 0 saturated heterocycles. The molecule has 3 heteroatoms. The molecule has 3 nitrogen and oxygen atoms in total. The van der Waals surface area contributed by atoms with Crippen molar-refractivity contribution in [3.05, 3.63) is 29.8 Å². The minimum absolute atomic E-state index is 0.399. The maximum atomic E-state index is 5.86. The summed E-state index contributed by atoms with van der Waals surface area (Å²) in [5.74, 6) is 7.76. The monoisotopic (exact) mass is 284 g/mol. The second-order valence-corrected chi connectivity index (χ2v) is 6.05. The van der Waals surface area contributed by atoms with Crippen molar-refractivity contribution in [2.24, 2.45) is 11.7 Å². The molecule has 1 aromatic rings. The fourth-order valence-electron chi connectivity index (χ4n) is 2.56. The molecule has 0 heterocycles. The first-order valence-electron chi connectivity index (χ1n) is 8.01. The van der Waals surface area contributed by atoms with Crippen LogP contribution >= 0.6 is 0 Å². The van der Waals surface area contributed by atoms with Gasteiger partial charge in [-0.3, -0.25) is 4.90 Å². The Morgan fingerprint density at radius 1 is 1.14 bits per heavy atom. The standard InChI is InChI=1S/C18H24N2O/c19-11-1-2-15-5-9-18(10-6-15)21-13-12-20(17-7-8-17)14-16-3-4-16/h5-6,9-10,16-17H,3-4,7-8,11-14,19H2. The van der Waals surface area contributed by atoms with Gasteiger partial charge >= 0.3 is 0 Å². The summed E-state index contributed by atoms with van der Waals surface area (Å²) in [6.07, 6.45) is 5.60. The molecule has 0 atom stereocenters. The molecule has 2 aliphatic carbocycles. The van der Waals surface area contributed by atoms with Gasteiger partial charge in [0.2, 0.25) is 0 Å². The van der Waals surface area contributed by atoms with E-state index in [0.29, 0.717) is 6.54 Å². The van der Waals surface area contributed by atoms with Gasteiger partial charge in [0, 0.05) is 24.7 Å². The van der Waals surface area contributed by atoms with Crippen LogP contribution in [0.25, 0.3) is 0 Å². The summed E-state index contributed by atoms with van der Waals surface area (Å²) in [7, 11) is 0. The van der Waals surface area contributed by atoms with E-state index >= 15 is 0 Å². The Morgan fingerprint density at radius 2 is 1.90 bits per heavy atom. The van der Waals surface area contributed by atoms with Gasteiger partial charge in [0.05, 0.1) is 6.54 Å². The smallest absolute Gasteiger partial charge is 0.119 e. The summed E-state index contributed by atoms with van der Waals surface area (Å²) in [6.45, 7) is 3.50. The number of benzene rings is 1. The summed E-state index contributed by atoms with van der Waals surface area (Å²) in [5, 5.41) is 0. The molecule has 21 heavy (non-hydrogen) atoms. The van der Waals surface area contributed by atoms with E-state index in [1.165, 1.54) is 32.2 Å². The number of ether oxygens (including phenoxy) is 1. The molecule has 112 valence electrons. The van der Waals surface area contributed by atoms with Crippen LogP contribution in [0.5, 0.6) is 5.75 Å². The Bertz CT molecular complexity index is 506. The summed E-state index contributed by atoms with van der Waals surface area (Å²) in [6, 6.07) is 8.79. The molecule has 0 spiro atoms. The van der Waals surface area contributed by atoms with E-state index in [0.717, 1.165) is 36.4 Å². The Labute approximate surface area is 127 Å². The van der Waals surface area contributed by atoms with Crippen molar-refractivity contribution in [3.63, 3.8) is 0 Å². The highest BCUT2D eigenvalue weighted by molar-refractivity contribution is 5.38. The van der Waals surface area contributed by atoms with Gasteiger partial charge < -0.3 is 10.5 Å². The summed E-state index contributed by atoms with van der Waals surface area (Å²) < 4.78 is 5.86. The Balaban J connectivity index is 1.43. The molecule has 0 bridgehead atoms. The highest BCUT2D eigenvalue weighted by Gasteiger charge is 2.33. The molecule has 0 radical (unpaired) electrons. The van der Waals surface area contributed by atoms with Gasteiger partial charge in [-0.05, 0) is 55.9 Å². The largest absolute Gasteiger partial charge is 0.492 e. The number of rotatable bonds is 7. The van der Waals surface area contributed by atoms with Gasteiger partial charge in [-0.15, -0.1) is 0 Å². The lowest BCUT2D eigenvalue weighted by atomic mass is 10.2. The van der Waals surface area contributed by atoms with Crippen LogP contribution in [-0.4, -0.2) is 37.2 Å². The third-order valence-electron chi connectivity index (χ3n) is 4.09. The van der Waals surface area contributed by atoms with Crippen molar-refractivity contribution in [2.45, 2.75) is 31.7 Å². The Kier molecular flexibility index (Phi) is 4.80. The second kappa shape index (κ2) is 6.98. The van der Waals surface area contributed by atoms with Crippen LogP contribution in [-0.2, 0) is 0 Å². The molecule has 3 rings (SSSR count). The van der Waals surface area contributed by atoms with Crippen LogP contribution in [0.3, 0.4) is 0 Å². The summed E-state index contributed by atoms with van der Waals surface area (Å²) in [4.78, 5) is 2.62. The van der Waals surface area contributed by atoms with Gasteiger partial charge in [0.25, 0.3) is 0 Å². The van der Waals surface area contributed by atoms with Crippen LogP contribution in [0.15, 0.2) is 24.3 Å². The van der Waals surface area contributed by atoms with E-state index in [-0.39, 0.29) is 0 Å². The van der Waals surface area contributed by atoms with E-state index in [4.69, 9.17) is 10.5 Å². The van der Waals surface area contributed by atoms with Crippen molar-refractivity contribution < 1.29 is 4.74 Å². The minimum Gasteiger partial charge on any atom is -0.492 e. The first-order chi connectivity index (χ1) is 10.3. The molecule has 0 amide bonds. The van der Waals surface area contributed by atoms with Gasteiger partial charge in [-0.25, -0.2) is 0 Å². The third kappa shape index (κ3) is 4.77. The predicted octanol–water partition coefficient (Wildman–Crippen LogP) is 2.25. The Morgan fingerprint density at radius 3 is 2.52 bits per heavy atom. The fourth-order valence-corrected chi connectivity index (χ4v) is 2.56. The zero-order chi connectivity index (χ0) is 14.5. The highest BCUT2D eigenvalue weighted by atomic mass is 16.5. The lowest BCUT2D eigenvalue weighted by molar-refractivity contribution is 0.195. The lowest BCUT2D eigenvalue weighted by Crippen LogP contribution is -2.32. The van der Waals surface area contributed by atoms with Crippen molar-refractivity contribution in [2.75, 3.05) is 26.2 Å². The molecule has 2 aliphatic rings. The minimum atomic E-state index is 0.399. The SMILES string of the molecule is NCC#Cc1ccc(OCCN(CC2CC2)C2CC2)cc1. The van der Waals surface area contributed by atoms with Crippen molar-refractivity contribution in [1.82, 2.24) is 4.90 Å². The van der Waals surface area contributed by atoms with Crippen LogP contribution in [0, 0.1) is 17.8 Å². The molecular formula is C18H24N2O. The molecular weight excluding hydrogens is 260 g/mol. The predicted molar refractivity (Wildman–Crippen MR) is 85.2 cm³/mol. The fraction of sp³-hybridized carbons (Fsp3) is 0.556. The first kappa shape index (κ1) is 14.4. The van der Waals surface area contributed by atoms with Crippen LogP contribution in [0.2, 0.25) is 0 Å². The average Bonchev–Trinajstić information content (AvgIpc) is 3.38. The quantitative estimate of drug-likeness (QED) is 0.781. The van der Waals surface area contributed by atoms with Crippen LogP contribution < -0.4 is 10.5 Å². The molecule has 0 unspecified atom stereocenters. The van der Waals surface area contributed by atoms with E-state index in [1.807, 2.05) is 24.3 Å². The second-order valence-electron chi connectivity index (χ2n) is 6.05. The van der Waals surface area contributed by atoms with Crippen LogP contribution in [0.4, 0.5) is 0 Å². The zero-order valence-corrected chi connectivity index (χ0v) is 12.6. The average molecular weight is 284 g/mol. The summed E-state index contributed by atoms with van der Waals surface area (Å²) in [5.41, 5.74) is 6.35. The van der Waals surface area contributed by atoms with E-state index in [2.05, 4.69) is 16.7 Å². The molecule has 0 aliphatic heterocycles. The number of nitrogens with zero attached hydrogens (tertiary/aromatic N) is 1. The number of nitrogens with two attached hydrogens (primary N) is 1. The third-order valence-corrected chi connectivity index (χ3v) is 4.09. The van der Waals surface area contributed by atoms with Crippen LogP contribution in [0.1, 0.15) is 31.2 Å². The van der Waals surface area contributed by atoms with Crippen molar-refractivity contribution in [3.8, 4) is 17.6 Å². The first-order valence-corrected chi connectivity index (χ1v) is 8.01. The van der Waals surface area contributed by atoms with Gasteiger partial charge in [0.1, 0.15) is 12.4 Å². The maximum Gasteiger partial charge on any atom is 0.119 e. The summed E-state index contributed by atoms with van der Waals surface area (Å²) >= 11 is 0. The van der Waals surface area contributed by atoms with E-state index < -0.39 is 0 Å². The molecule has 1 aromatic carbocycles. The lowest BCUT2D eigenvalue weighted by Gasteiger charge is -2.21. The topological polar surface area (TPSA) is 38.5 Å². The van der Waals surface area contributed by atoms with Gasteiger partial charge in [0.15, 0.2) is 0 Å². The highest BCUT2D eigenvalue weighted by Crippen LogP contribution is 2.34. The molecule has 2 N–H and O–H groups in total. The number of hydrogen-bond donors (Lipinski definition) is 1. The van der Waals surface area contributed by atoms with E-state index in [9.17, 15) is 0 Å². The molecule has 0 aromatic heterocycles. The Hall–Kier alpha value is -1.50.